The first kappa shape index (κ1) is 19.1. The van der Waals surface area contributed by atoms with Gasteiger partial charge in [0.2, 0.25) is 5.91 Å². The Morgan fingerprint density at radius 3 is 2.60 bits per heavy atom. The minimum absolute atomic E-state index is 0.129. The molecule has 2 fully saturated rings. The lowest BCUT2D eigenvalue weighted by Crippen LogP contribution is -2.53. The average molecular weight is 406 g/mol. The molecule has 1 atom stereocenters. The summed E-state index contributed by atoms with van der Waals surface area (Å²) in [6.07, 6.45) is 0.725. The van der Waals surface area contributed by atoms with Crippen LogP contribution in [0, 0.1) is 0 Å². The topological polar surface area (TPSA) is 60.9 Å². The van der Waals surface area contributed by atoms with Crippen molar-refractivity contribution in [1.29, 1.82) is 0 Å². The minimum Gasteiger partial charge on any atom is -0.339 e. The van der Waals surface area contributed by atoms with Crippen molar-refractivity contribution in [3.8, 4) is 0 Å². The Morgan fingerprint density at radius 1 is 1.32 bits per heavy atom. The van der Waals surface area contributed by atoms with E-state index in [2.05, 4.69) is 4.90 Å². The SMILES string of the molecule is CN(CC(=O)N1CCN(C2CCS(=O)(=O)C2)CC1)Cc1ccc(Cl)s1. The molecule has 9 heteroatoms. The van der Waals surface area contributed by atoms with Crippen molar-refractivity contribution in [3.05, 3.63) is 21.3 Å². The molecule has 1 amide bonds. The van der Waals surface area contributed by atoms with E-state index in [-0.39, 0.29) is 17.7 Å². The van der Waals surface area contributed by atoms with Crippen LogP contribution >= 0.6 is 22.9 Å². The third-order valence-electron chi connectivity index (χ3n) is 4.85. The minimum atomic E-state index is -2.86. The van der Waals surface area contributed by atoms with Gasteiger partial charge in [0.25, 0.3) is 0 Å². The summed E-state index contributed by atoms with van der Waals surface area (Å²) >= 11 is 7.48. The van der Waals surface area contributed by atoms with Gasteiger partial charge in [0.1, 0.15) is 0 Å². The molecule has 2 aliphatic rings. The smallest absolute Gasteiger partial charge is 0.236 e. The average Bonchev–Trinajstić information content (AvgIpc) is 3.12. The van der Waals surface area contributed by atoms with Gasteiger partial charge in [-0.1, -0.05) is 11.6 Å². The van der Waals surface area contributed by atoms with Gasteiger partial charge in [0.05, 0.1) is 22.4 Å². The number of carbonyl (C=O) groups is 1. The van der Waals surface area contributed by atoms with E-state index in [0.29, 0.717) is 31.9 Å². The van der Waals surface area contributed by atoms with Crippen molar-refractivity contribution in [3.63, 3.8) is 0 Å². The molecule has 0 spiro atoms. The highest BCUT2D eigenvalue weighted by atomic mass is 35.5. The van der Waals surface area contributed by atoms with Crippen LogP contribution in [0.3, 0.4) is 0 Å². The molecule has 2 saturated heterocycles. The number of piperazine rings is 1. The van der Waals surface area contributed by atoms with Gasteiger partial charge in [-0.05, 0) is 25.6 Å². The van der Waals surface area contributed by atoms with E-state index in [1.807, 2.05) is 29.0 Å². The summed E-state index contributed by atoms with van der Waals surface area (Å²) in [7, 11) is -0.920. The molecule has 2 aliphatic heterocycles. The zero-order valence-corrected chi connectivity index (χ0v) is 16.7. The monoisotopic (exact) mass is 405 g/mol. The number of hydrogen-bond donors (Lipinski definition) is 0. The molecular formula is C16H24ClN3O3S2. The Kier molecular flexibility index (Phi) is 6.05. The first-order chi connectivity index (χ1) is 11.8. The van der Waals surface area contributed by atoms with E-state index in [9.17, 15) is 13.2 Å². The molecule has 25 heavy (non-hydrogen) atoms. The predicted molar refractivity (Wildman–Crippen MR) is 101 cm³/mol. The van der Waals surface area contributed by atoms with E-state index in [0.717, 1.165) is 28.7 Å². The summed E-state index contributed by atoms with van der Waals surface area (Å²) in [5.74, 6) is 0.699. The standard InChI is InChI=1S/C16H24ClN3O3S2/c1-18(10-14-2-3-15(17)24-14)11-16(21)20-7-5-19(6-8-20)13-4-9-25(22,23)12-13/h2-3,13H,4-12H2,1H3. The molecule has 0 aliphatic carbocycles. The van der Waals surface area contributed by atoms with E-state index >= 15 is 0 Å². The molecule has 6 nitrogen and oxygen atoms in total. The zero-order chi connectivity index (χ0) is 18.0. The van der Waals surface area contributed by atoms with Gasteiger partial charge >= 0.3 is 0 Å². The number of nitrogens with zero attached hydrogens (tertiary/aromatic N) is 3. The lowest BCUT2D eigenvalue weighted by atomic mass is 10.2. The van der Waals surface area contributed by atoms with Crippen molar-refractivity contribution in [2.75, 3.05) is 51.3 Å². The number of likely N-dealkylation sites (N-methyl/N-ethyl adjacent to an activating group) is 1. The van der Waals surface area contributed by atoms with Crippen LogP contribution in [-0.4, -0.2) is 86.3 Å². The molecule has 0 radical (unpaired) electrons. The second-order valence-electron chi connectivity index (χ2n) is 6.85. The highest BCUT2D eigenvalue weighted by molar-refractivity contribution is 7.91. The van der Waals surface area contributed by atoms with Crippen LogP contribution in [0.15, 0.2) is 12.1 Å². The summed E-state index contributed by atoms with van der Waals surface area (Å²) in [6.45, 7) is 3.96. The maximum absolute atomic E-state index is 12.5. The van der Waals surface area contributed by atoms with Crippen molar-refractivity contribution >= 4 is 38.7 Å². The molecule has 0 bridgehead atoms. The molecule has 3 heterocycles. The van der Waals surface area contributed by atoms with E-state index < -0.39 is 9.84 Å². The molecule has 0 aromatic carbocycles. The molecule has 1 unspecified atom stereocenters. The number of amides is 1. The lowest BCUT2D eigenvalue weighted by Gasteiger charge is -2.38. The van der Waals surface area contributed by atoms with Gasteiger partial charge in [-0.15, -0.1) is 11.3 Å². The number of rotatable bonds is 5. The third-order valence-corrected chi connectivity index (χ3v) is 7.82. The van der Waals surface area contributed by atoms with Crippen molar-refractivity contribution in [2.24, 2.45) is 0 Å². The van der Waals surface area contributed by atoms with Gasteiger partial charge in [-0.2, -0.15) is 0 Å². The number of hydrogen-bond acceptors (Lipinski definition) is 6. The maximum atomic E-state index is 12.5. The van der Waals surface area contributed by atoms with Gasteiger partial charge in [0.15, 0.2) is 9.84 Å². The van der Waals surface area contributed by atoms with E-state index in [1.165, 1.54) is 11.3 Å². The molecule has 3 rings (SSSR count). The van der Waals surface area contributed by atoms with Gasteiger partial charge in [-0.3, -0.25) is 14.6 Å². The zero-order valence-electron chi connectivity index (χ0n) is 14.4. The second kappa shape index (κ2) is 7.92. The summed E-state index contributed by atoms with van der Waals surface area (Å²) in [4.78, 5) is 19.7. The molecule has 0 N–H and O–H groups in total. The number of sulfone groups is 1. The normalized spacial score (nSPS) is 24.1. The highest BCUT2D eigenvalue weighted by Crippen LogP contribution is 2.22. The van der Waals surface area contributed by atoms with Crippen LogP contribution < -0.4 is 0 Å². The second-order valence-corrected chi connectivity index (χ2v) is 10.9. The van der Waals surface area contributed by atoms with E-state index in [1.54, 1.807) is 0 Å². The van der Waals surface area contributed by atoms with Crippen molar-refractivity contribution < 1.29 is 13.2 Å². The van der Waals surface area contributed by atoms with Crippen LogP contribution in [0.5, 0.6) is 0 Å². The number of thiophene rings is 1. The van der Waals surface area contributed by atoms with E-state index in [4.69, 9.17) is 11.6 Å². The third kappa shape index (κ3) is 5.17. The Morgan fingerprint density at radius 2 is 2.04 bits per heavy atom. The number of halogens is 1. The van der Waals surface area contributed by atoms with Crippen LogP contribution in [0.4, 0.5) is 0 Å². The largest absolute Gasteiger partial charge is 0.339 e. The summed E-state index contributed by atoms with van der Waals surface area (Å²) < 4.78 is 24.0. The molecule has 1 aromatic heterocycles. The van der Waals surface area contributed by atoms with Crippen LogP contribution in [0.1, 0.15) is 11.3 Å². The van der Waals surface area contributed by atoms with Crippen molar-refractivity contribution in [1.82, 2.24) is 14.7 Å². The van der Waals surface area contributed by atoms with Crippen molar-refractivity contribution in [2.45, 2.75) is 19.0 Å². The highest BCUT2D eigenvalue weighted by Gasteiger charge is 2.34. The fourth-order valence-corrected chi connectivity index (χ4v) is 6.42. The van der Waals surface area contributed by atoms with Gasteiger partial charge in [0, 0.05) is 43.6 Å². The Bertz CT molecular complexity index is 714. The Balaban J connectivity index is 1.43. The predicted octanol–water partition coefficient (Wildman–Crippen LogP) is 1.16. The molecule has 140 valence electrons. The maximum Gasteiger partial charge on any atom is 0.236 e. The molecular weight excluding hydrogens is 382 g/mol. The lowest BCUT2D eigenvalue weighted by molar-refractivity contribution is -0.134. The summed E-state index contributed by atoms with van der Waals surface area (Å²) in [6, 6.07) is 4.00. The first-order valence-corrected chi connectivity index (χ1v) is 11.5. The first-order valence-electron chi connectivity index (χ1n) is 8.47. The quantitative estimate of drug-likeness (QED) is 0.735. The summed E-state index contributed by atoms with van der Waals surface area (Å²) in [5, 5.41) is 0. The van der Waals surface area contributed by atoms with Crippen LogP contribution in [0.25, 0.3) is 0 Å². The fourth-order valence-electron chi connectivity index (χ4n) is 3.49. The molecule has 1 aromatic rings. The Labute approximate surface area is 158 Å². The van der Waals surface area contributed by atoms with Gasteiger partial charge < -0.3 is 4.90 Å². The van der Waals surface area contributed by atoms with Crippen LogP contribution in [-0.2, 0) is 21.2 Å². The Hall–Kier alpha value is -0.670. The van der Waals surface area contributed by atoms with Crippen LogP contribution in [0.2, 0.25) is 4.34 Å². The molecule has 0 saturated carbocycles. The fraction of sp³-hybridized carbons (Fsp3) is 0.688. The van der Waals surface area contributed by atoms with Gasteiger partial charge in [-0.25, -0.2) is 8.42 Å². The summed E-state index contributed by atoms with van der Waals surface area (Å²) in [5.41, 5.74) is 0. The number of carbonyl (C=O) groups excluding carboxylic acids is 1.